The first-order valence-electron chi connectivity index (χ1n) is 9.68. The molecule has 0 unspecified atom stereocenters. The quantitative estimate of drug-likeness (QED) is 0.643. The fourth-order valence-electron chi connectivity index (χ4n) is 3.87. The third-order valence-corrected chi connectivity index (χ3v) is 5.29. The monoisotopic (exact) mass is 349 g/mol. The van der Waals surface area contributed by atoms with Crippen LogP contribution >= 0.6 is 0 Å². The van der Waals surface area contributed by atoms with Crippen LogP contribution in [0.25, 0.3) is 22.3 Å². The van der Waals surface area contributed by atoms with Crippen molar-refractivity contribution in [2.45, 2.75) is 57.5 Å². The Labute approximate surface area is 154 Å². The van der Waals surface area contributed by atoms with Crippen molar-refractivity contribution in [2.24, 2.45) is 5.73 Å². The van der Waals surface area contributed by atoms with Crippen LogP contribution in [-0.4, -0.2) is 27.0 Å². The molecular weight excluding hydrogens is 322 g/mol. The third-order valence-electron chi connectivity index (χ3n) is 5.29. The van der Waals surface area contributed by atoms with E-state index in [1.165, 1.54) is 5.69 Å². The molecule has 4 rings (SSSR count). The molecule has 26 heavy (non-hydrogen) atoms. The van der Waals surface area contributed by atoms with Crippen LogP contribution in [0.2, 0.25) is 0 Å². The summed E-state index contributed by atoms with van der Waals surface area (Å²) in [5.74, 6) is 0. The number of aryl methyl sites for hydroxylation is 1. The lowest BCUT2D eigenvalue weighted by molar-refractivity contribution is 0.411. The van der Waals surface area contributed by atoms with E-state index in [0.29, 0.717) is 12.1 Å². The highest BCUT2D eigenvalue weighted by Gasteiger charge is 2.21. The number of aromatic amines is 1. The number of hydrogen-bond acceptors (Lipinski definition) is 4. The van der Waals surface area contributed by atoms with Gasteiger partial charge in [0.2, 0.25) is 0 Å². The van der Waals surface area contributed by atoms with Crippen molar-refractivity contribution >= 4 is 16.7 Å². The molecule has 0 atom stereocenters. The molecule has 5 heteroatoms. The summed E-state index contributed by atoms with van der Waals surface area (Å²) in [7, 11) is 0. The van der Waals surface area contributed by atoms with Crippen LogP contribution in [0.5, 0.6) is 0 Å². The van der Waals surface area contributed by atoms with Gasteiger partial charge >= 0.3 is 0 Å². The van der Waals surface area contributed by atoms with Gasteiger partial charge in [0, 0.05) is 41.1 Å². The van der Waals surface area contributed by atoms with E-state index < -0.39 is 0 Å². The first kappa shape index (κ1) is 17.0. The van der Waals surface area contributed by atoms with Gasteiger partial charge in [-0.05, 0) is 50.3 Å². The molecule has 5 nitrogen and oxygen atoms in total. The standard InChI is InChI=1S/C21H27N5/c1-2-5-16-12-17-20(25-15-9-7-14(22)8-10-15)18(13-24-21(17)26-16)19-6-3-4-11-23-19/h3-4,6,11-15H,2,5,7-10,22H2,1H3,(H2,24,25,26)/t14-,15-. The number of aromatic nitrogens is 3. The minimum absolute atomic E-state index is 0.351. The molecule has 0 aromatic carbocycles. The van der Waals surface area contributed by atoms with E-state index in [1.807, 2.05) is 30.6 Å². The number of nitrogens with two attached hydrogens (primary N) is 1. The predicted molar refractivity (Wildman–Crippen MR) is 107 cm³/mol. The van der Waals surface area contributed by atoms with E-state index in [4.69, 9.17) is 5.73 Å². The number of rotatable bonds is 5. The van der Waals surface area contributed by atoms with E-state index in [1.54, 1.807) is 0 Å². The Kier molecular flexibility index (Phi) is 4.89. The lowest BCUT2D eigenvalue weighted by Crippen LogP contribution is -2.33. The highest BCUT2D eigenvalue weighted by atomic mass is 15.0. The first-order valence-corrected chi connectivity index (χ1v) is 9.68. The van der Waals surface area contributed by atoms with Crippen LogP contribution in [-0.2, 0) is 6.42 Å². The molecule has 1 fully saturated rings. The Bertz CT molecular complexity index is 863. The Hall–Kier alpha value is -2.40. The van der Waals surface area contributed by atoms with Gasteiger partial charge in [0.15, 0.2) is 0 Å². The molecule has 3 aromatic rings. The average Bonchev–Trinajstić information content (AvgIpc) is 3.08. The van der Waals surface area contributed by atoms with Gasteiger partial charge in [-0.25, -0.2) is 4.98 Å². The Morgan fingerprint density at radius 2 is 2.04 bits per heavy atom. The summed E-state index contributed by atoms with van der Waals surface area (Å²) >= 11 is 0. The molecule has 0 bridgehead atoms. The van der Waals surface area contributed by atoms with E-state index in [9.17, 15) is 0 Å². The minimum Gasteiger partial charge on any atom is -0.381 e. The maximum atomic E-state index is 6.09. The van der Waals surface area contributed by atoms with Gasteiger partial charge in [0.25, 0.3) is 0 Å². The highest BCUT2D eigenvalue weighted by molar-refractivity contribution is 5.98. The normalized spacial score (nSPS) is 20.4. The second-order valence-electron chi connectivity index (χ2n) is 7.32. The summed E-state index contributed by atoms with van der Waals surface area (Å²) in [4.78, 5) is 12.7. The molecule has 3 heterocycles. The van der Waals surface area contributed by atoms with Crippen LogP contribution in [0.4, 0.5) is 5.69 Å². The Morgan fingerprint density at radius 1 is 1.19 bits per heavy atom. The van der Waals surface area contributed by atoms with Gasteiger partial charge < -0.3 is 16.0 Å². The molecule has 0 amide bonds. The Balaban J connectivity index is 1.77. The molecular formula is C21H27N5. The maximum absolute atomic E-state index is 6.09. The number of nitrogens with one attached hydrogen (secondary N) is 2. The third kappa shape index (κ3) is 3.44. The van der Waals surface area contributed by atoms with Crippen LogP contribution in [0, 0.1) is 0 Å². The van der Waals surface area contributed by atoms with Gasteiger partial charge in [-0.1, -0.05) is 19.4 Å². The fourth-order valence-corrected chi connectivity index (χ4v) is 3.87. The summed E-state index contributed by atoms with van der Waals surface area (Å²) in [5, 5.41) is 4.97. The molecule has 1 aliphatic carbocycles. The molecule has 1 aliphatic rings. The average molecular weight is 349 g/mol. The summed E-state index contributed by atoms with van der Waals surface area (Å²) < 4.78 is 0. The van der Waals surface area contributed by atoms with Crippen molar-refractivity contribution in [3.8, 4) is 11.3 Å². The zero-order valence-electron chi connectivity index (χ0n) is 15.3. The SMILES string of the molecule is CCCc1cc2c(N[C@H]3CC[C@H](N)CC3)c(-c3ccccn3)cnc2[nH]1. The second-order valence-corrected chi connectivity index (χ2v) is 7.32. The number of nitrogens with zero attached hydrogens (tertiary/aromatic N) is 2. The lowest BCUT2D eigenvalue weighted by atomic mass is 9.91. The van der Waals surface area contributed by atoms with Crippen molar-refractivity contribution < 1.29 is 0 Å². The van der Waals surface area contributed by atoms with E-state index in [2.05, 4.69) is 33.3 Å². The molecule has 4 N–H and O–H groups in total. The Morgan fingerprint density at radius 3 is 2.77 bits per heavy atom. The van der Waals surface area contributed by atoms with Crippen molar-refractivity contribution in [1.82, 2.24) is 15.0 Å². The number of hydrogen-bond donors (Lipinski definition) is 3. The van der Waals surface area contributed by atoms with Crippen molar-refractivity contribution in [3.05, 3.63) is 42.4 Å². The molecule has 0 saturated heterocycles. The fraction of sp³-hybridized carbons (Fsp3) is 0.429. The van der Waals surface area contributed by atoms with Gasteiger partial charge in [-0.15, -0.1) is 0 Å². The van der Waals surface area contributed by atoms with Gasteiger partial charge in [-0.2, -0.15) is 0 Å². The molecule has 136 valence electrons. The van der Waals surface area contributed by atoms with Crippen LogP contribution in [0.15, 0.2) is 36.7 Å². The van der Waals surface area contributed by atoms with Gasteiger partial charge in [0.05, 0.1) is 11.4 Å². The van der Waals surface area contributed by atoms with E-state index in [0.717, 1.165) is 66.5 Å². The number of anilines is 1. The van der Waals surface area contributed by atoms with E-state index in [-0.39, 0.29) is 0 Å². The van der Waals surface area contributed by atoms with Gasteiger partial charge in [-0.3, -0.25) is 4.98 Å². The number of pyridine rings is 2. The minimum atomic E-state index is 0.351. The predicted octanol–water partition coefficient (Wildman–Crippen LogP) is 4.26. The maximum Gasteiger partial charge on any atom is 0.139 e. The molecule has 0 aliphatic heterocycles. The van der Waals surface area contributed by atoms with Crippen LogP contribution in [0.3, 0.4) is 0 Å². The zero-order chi connectivity index (χ0) is 17.9. The molecule has 1 saturated carbocycles. The molecule has 3 aromatic heterocycles. The van der Waals surface area contributed by atoms with Crippen molar-refractivity contribution in [2.75, 3.05) is 5.32 Å². The summed E-state index contributed by atoms with van der Waals surface area (Å²) in [6.45, 7) is 2.20. The second kappa shape index (κ2) is 7.46. The van der Waals surface area contributed by atoms with E-state index >= 15 is 0 Å². The largest absolute Gasteiger partial charge is 0.381 e. The zero-order valence-corrected chi connectivity index (χ0v) is 15.3. The summed E-state index contributed by atoms with van der Waals surface area (Å²) in [5.41, 5.74) is 11.4. The molecule has 0 spiro atoms. The lowest BCUT2D eigenvalue weighted by Gasteiger charge is -2.28. The van der Waals surface area contributed by atoms with Crippen LogP contribution < -0.4 is 11.1 Å². The number of H-pyrrole nitrogens is 1. The first-order chi connectivity index (χ1) is 12.7. The summed E-state index contributed by atoms with van der Waals surface area (Å²) in [6.07, 6.45) is 10.3. The van der Waals surface area contributed by atoms with Crippen molar-refractivity contribution in [1.29, 1.82) is 0 Å². The summed E-state index contributed by atoms with van der Waals surface area (Å²) in [6, 6.07) is 9.06. The molecule has 0 radical (unpaired) electrons. The topological polar surface area (TPSA) is 79.6 Å². The smallest absolute Gasteiger partial charge is 0.139 e. The number of fused-ring (bicyclic) bond motifs is 1. The van der Waals surface area contributed by atoms with Crippen LogP contribution in [0.1, 0.15) is 44.7 Å². The highest BCUT2D eigenvalue weighted by Crippen LogP contribution is 2.35. The van der Waals surface area contributed by atoms with Gasteiger partial charge in [0.1, 0.15) is 5.65 Å². The van der Waals surface area contributed by atoms with Crippen molar-refractivity contribution in [3.63, 3.8) is 0 Å².